The molecule has 0 heterocycles. The first kappa shape index (κ1) is 11.7. The number of hydrogen-bond acceptors (Lipinski definition) is 1. The number of carbonyl (C=O) groups is 1. The van der Waals surface area contributed by atoms with Gasteiger partial charge in [0.25, 0.3) is 0 Å². The summed E-state index contributed by atoms with van der Waals surface area (Å²) in [5, 5.41) is 2.82. The lowest BCUT2D eigenvalue weighted by molar-refractivity contribution is -0.121. The highest BCUT2D eigenvalue weighted by Gasteiger charge is 2.08. The van der Waals surface area contributed by atoms with E-state index in [1.807, 2.05) is 13.8 Å². The van der Waals surface area contributed by atoms with Crippen LogP contribution in [0.1, 0.15) is 38.3 Å². The van der Waals surface area contributed by atoms with Crippen LogP contribution in [0.4, 0.5) is 4.39 Å². The molecule has 0 saturated heterocycles. The molecule has 0 aliphatic heterocycles. The monoisotopic (exact) mass is 209 g/mol. The van der Waals surface area contributed by atoms with Gasteiger partial charge in [0.2, 0.25) is 5.91 Å². The molecular formula is C12H16FNO. The minimum Gasteiger partial charge on any atom is -0.350 e. The minimum absolute atomic E-state index is 0.00858. The van der Waals surface area contributed by atoms with Gasteiger partial charge in [-0.2, -0.15) is 0 Å². The maximum absolute atomic E-state index is 12.9. The molecule has 0 saturated carbocycles. The Morgan fingerprint density at radius 3 is 2.87 bits per heavy atom. The smallest absolute Gasteiger partial charge is 0.220 e. The highest BCUT2D eigenvalue weighted by molar-refractivity contribution is 5.76. The lowest BCUT2D eigenvalue weighted by Crippen LogP contribution is -2.26. The van der Waals surface area contributed by atoms with Gasteiger partial charge in [0, 0.05) is 6.42 Å². The average Bonchev–Trinajstić information content (AvgIpc) is 2.18. The predicted molar refractivity (Wildman–Crippen MR) is 57.9 cm³/mol. The van der Waals surface area contributed by atoms with Crippen LogP contribution < -0.4 is 5.32 Å². The second-order valence-corrected chi connectivity index (χ2v) is 3.59. The quantitative estimate of drug-likeness (QED) is 0.811. The van der Waals surface area contributed by atoms with Crippen LogP contribution in [-0.4, -0.2) is 5.91 Å². The summed E-state index contributed by atoms with van der Waals surface area (Å²) < 4.78 is 12.9. The van der Waals surface area contributed by atoms with Crippen LogP contribution in [0.15, 0.2) is 24.3 Å². The van der Waals surface area contributed by atoms with Gasteiger partial charge in [-0.05, 0) is 31.0 Å². The molecule has 1 aromatic carbocycles. The summed E-state index contributed by atoms with van der Waals surface area (Å²) in [6.45, 7) is 3.80. The van der Waals surface area contributed by atoms with Crippen LogP contribution in [0, 0.1) is 5.82 Å². The molecule has 2 nitrogen and oxygen atoms in total. The Bertz CT molecular complexity index is 338. The summed E-state index contributed by atoms with van der Waals surface area (Å²) in [4.78, 5) is 11.3. The van der Waals surface area contributed by atoms with Crippen molar-refractivity contribution in [2.75, 3.05) is 0 Å². The zero-order valence-corrected chi connectivity index (χ0v) is 9.09. The standard InChI is InChI=1S/C12H16FNO/c1-3-5-12(15)14-9(2)10-6-4-7-11(13)8-10/h4,6-9H,3,5H2,1-2H3,(H,14,15)/t9-/m1/s1. The summed E-state index contributed by atoms with van der Waals surface area (Å²) in [6, 6.07) is 6.15. The van der Waals surface area contributed by atoms with Crippen LogP contribution in [0.25, 0.3) is 0 Å². The molecule has 0 aliphatic carbocycles. The Kier molecular flexibility index (Phi) is 4.28. The fraction of sp³-hybridized carbons (Fsp3) is 0.417. The Labute approximate surface area is 89.5 Å². The van der Waals surface area contributed by atoms with E-state index >= 15 is 0 Å². The lowest BCUT2D eigenvalue weighted by Gasteiger charge is -2.13. The van der Waals surface area contributed by atoms with Crippen molar-refractivity contribution >= 4 is 5.91 Å². The molecule has 0 spiro atoms. The Morgan fingerprint density at radius 1 is 1.53 bits per heavy atom. The lowest BCUT2D eigenvalue weighted by atomic mass is 10.1. The highest BCUT2D eigenvalue weighted by atomic mass is 19.1. The molecule has 0 aromatic heterocycles. The molecule has 0 bridgehead atoms. The van der Waals surface area contributed by atoms with Crippen LogP contribution in [0.3, 0.4) is 0 Å². The van der Waals surface area contributed by atoms with Crippen LogP contribution >= 0.6 is 0 Å². The van der Waals surface area contributed by atoms with Crippen molar-refractivity contribution in [3.8, 4) is 0 Å². The number of carbonyl (C=O) groups excluding carboxylic acids is 1. The van der Waals surface area contributed by atoms with E-state index in [9.17, 15) is 9.18 Å². The average molecular weight is 209 g/mol. The number of hydrogen-bond donors (Lipinski definition) is 1. The van der Waals surface area contributed by atoms with Gasteiger partial charge >= 0.3 is 0 Å². The van der Waals surface area contributed by atoms with E-state index in [-0.39, 0.29) is 17.8 Å². The molecule has 15 heavy (non-hydrogen) atoms. The van der Waals surface area contributed by atoms with Crippen molar-refractivity contribution in [1.82, 2.24) is 5.32 Å². The largest absolute Gasteiger partial charge is 0.350 e. The highest BCUT2D eigenvalue weighted by Crippen LogP contribution is 2.13. The third-order valence-corrected chi connectivity index (χ3v) is 2.20. The normalized spacial score (nSPS) is 12.2. The van der Waals surface area contributed by atoms with Crippen molar-refractivity contribution in [1.29, 1.82) is 0 Å². The van der Waals surface area contributed by atoms with Gasteiger partial charge in [0.05, 0.1) is 6.04 Å². The second-order valence-electron chi connectivity index (χ2n) is 3.59. The Hall–Kier alpha value is -1.38. The maximum atomic E-state index is 12.9. The van der Waals surface area contributed by atoms with E-state index in [1.165, 1.54) is 12.1 Å². The molecule has 1 N–H and O–H groups in total. The molecule has 0 radical (unpaired) electrons. The van der Waals surface area contributed by atoms with Gasteiger partial charge < -0.3 is 5.32 Å². The molecule has 0 unspecified atom stereocenters. The SMILES string of the molecule is CCCC(=O)N[C@H](C)c1cccc(F)c1. The van der Waals surface area contributed by atoms with E-state index in [0.29, 0.717) is 6.42 Å². The third kappa shape index (κ3) is 3.70. The maximum Gasteiger partial charge on any atom is 0.220 e. The molecule has 0 aliphatic rings. The van der Waals surface area contributed by atoms with E-state index in [1.54, 1.807) is 12.1 Å². The number of rotatable bonds is 4. The van der Waals surface area contributed by atoms with Crippen molar-refractivity contribution in [2.24, 2.45) is 0 Å². The number of amides is 1. The number of nitrogens with one attached hydrogen (secondary N) is 1. The van der Waals surface area contributed by atoms with Gasteiger partial charge in [0.15, 0.2) is 0 Å². The van der Waals surface area contributed by atoms with Crippen LogP contribution in [0.2, 0.25) is 0 Å². The first-order valence-electron chi connectivity index (χ1n) is 5.18. The third-order valence-electron chi connectivity index (χ3n) is 2.20. The van der Waals surface area contributed by atoms with Gasteiger partial charge in [0.1, 0.15) is 5.82 Å². The second kappa shape index (κ2) is 5.49. The molecule has 0 fully saturated rings. The Morgan fingerprint density at radius 2 is 2.27 bits per heavy atom. The summed E-state index contributed by atoms with van der Waals surface area (Å²) in [7, 11) is 0. The molecule has 1 rings (SSSR count). The van der Waals surface area contributed by atoms with Crippen LogP contribution in [0.5, 0.6) is 0 Å². The van der Waals surface area contributed by atoms with Crippen LogP contribution in [-0.2, 0) is 4.79 Å². The minimum atomic E-state index is -0.274. The molecule has 3 heteroatoms. The zero-order chi connectivity index (χ0) is 11.3. The predicted octanol–water partition coefficient (Wildman–Crippen LogP) is 2.80. The van der Waals surface area contributed by atoms with Crippen molar-refractivity contribution in [3.63, 3.8) is 0 Å². The van der Waals surface area contributed by atoms with Gasteiger partial charge in [-0.3, -0.25) is 4.79 Å². The molecule has 1 amide bonds. The van der Waals surface area contributed by atoms with Gasteiger partial charge in [-0.15, -0.1) is 0 Å². The summed E-state index contributed by atoms with van der Waals surface area (Å²) >= 11 is 0. The number of halogens is 1. The Balaban J connectivity index is 2.60. The van der Waals surface area contributed by atoms with E-state index in [2.05, 4.69) is 5.32 Å². The molecule has 1 aromatic rings. The fourth-order valence-electron chi connectivity index (χ4n) is 1.40. The fourth-order valence-corrected chi connectivity index (χ4v) is 1.40. The summed E-state index contributed by atoms with van der Waals surface area (Å²) in [5.74, 6) is -0.265. The van der Waals surface area contributed by atoms with Gasteiger partial charge in [-0.1, -0.05) is 19.1 Å². The molecule has 82 valence electrons. The van der Waals surface area contributed by atoms with E-state index < -0.39 is 0 Å². The summed E-state index contributed by atoms with van der Waals surface area (Å²) in [5.41, 5.74) is 0.791. The first-order valence-corrected chi connectivity index (χ1v) is 5.18. The summed E-state index contributed by atoms with van der Waals surface area (Å²) in [6.07, 6.45) is 1.33. The van der Waals surface area contributed by atoms with Crippen molar-refractivity contribution in [2.45, 2.75) is 32.7 Å². The van der Waals surface area contributed by atoms with E-state index in [4.69, 9.17) is 0 Å². The first-order chi connectivity index (χ1) is 7.13. The van der Waals surface area contributed by atoms with Crippen molar-refractivity contribution < 1.29 is 9.18 Å². The molecular weight excluding hydrogens is 193 g/mol. The molecule has 1 atom stereocenters. The van der Waals surface area contributed by atoms with Gasteiger partial charge in [-0.25, -0.2) is 4.39 Å². The number of benzene rings is 1. The topological polar surface area (TPSA) is 29.1 Å². The van der Waals surface area contributed by atoms with E-state index in [0.717, 1.165) is 12.0 Å². The van der Waals surface area contributed by atoms with Crippen molar-refractivity contribution in [3.05, 3.63) is 35.6 Å². The zero-order valence-electron chi connectivity index (χ0n) is 9.09.